The Morgan fingerprint density at radius 3 is 2.80 bits per heavy atom. The van der Waals surface area contributed by atoms with E-state index in [9.17, 15) is 0 Å². The summed E-state index contributed by atoms with van der Waals surface area (Å²) in [6.45, 7) is 0.824. The van der Waals surface area contributed by atoms with Gasteiger partial charge in [-0.2, -0.15) is 0 Å². The maximum Gasteiger partial charge on any atom is 0.146 e. The molecule has 20 heavy (non-hydrogen) atoms. The summed E-state index contributed by atoms with van der Waals surface area (Å²) in [6, 6.07) is 14.0. The van der Waals surface area contributed by atoms with E-state index in [1.54, 1.807) is 6.26 Å². The number of benzene rings is 2. The molecule has 0 aliphatic rings. The van der Waals surface area contributed by atoms with Crippen LogP contribution in [0.15, 0.2) is 57.6 Å². The second-order valence-electron chi connectivity index (χ2n) is 4.46. The van der Waals surface area contributed by atoms with Gasteiger partial charge >= 0.3 is 0 Å². The molecule has 0 radical (unpaired) electrons. The van der Waals surface area contributed by atoms with Gasteiger partial charge in [0.05, 0.1) is 10.7 Å². The summed E-state index contributed by atoms with van der Waals surface area (Å²) < 4.78 is 12.2. The summed E-state index contributed by atoms with van der Waals surface area (Å²) in [5.41, 5.74) is 6.62. The Kier molecular flexibility index (Phi) is 3.76. The maximum atomic E-state index is 5.84. The fourth-order valence-corrected chi connectivity index (χ4v) is 2.75. The van der Waals surface area contributed by atoms with E-state index in [1.165, 1.54) is 5.39 Å². The van der Waals surface area contributed by atoms with Crippen LogP contribution in [0.1, 0.15) is 11.3 Å². The van der Waals surface area contributed by atoms with Crippen molar-refractivity contribution >= 4 is 26.7 Å². The zero-order valence-corrected chi connectivity index (χ0v) is 12.4. The highest BCUT2D eigenvalue weighted by Gasteiger charge is 2.09. The van der Waals surface area contributed by atoms with Crippen molar-refractivity contribution in [1.29, 1.82) is 0 Å². The van der Waals surface area contributed by atoms with E-state index < -0.39 is 0 Å². The standard InChI is InChI=1S/C16H14BrNO2/c17-16-13-4-2-1-3-11(13)5-6-14(16)20-10-15-12(9-18)7-8-19-15/h1-8H,9-10,18H2. The molecule has 0 saturated carbocycles. The van der Waals surface area contributed by atoms with Gasteiger partial charge in [0.2, 0.25) is 0 Å². The first-order chi connectivity index (χ1) is 9.79. The average Bonchev–Trinajstić information content (AvgIpc) is 2.94. The summed E-state index contributed by atoms with van der Waals surface area (Å²) in [7, 11) is 0. The van der Waals surface area contributed by atoms with Crippen LogP contribution in [-0.2, 0) is 13.2 Å². The van der Waals surface area contributed by atoms with Gasteiger partial charge in [-0.15, -0.1) is 0 Å². The smallest absolute Gasteiger partial charge is 0.146 e. The zero-order valence-electron chi connectivity index (χ0n) is 10.8. The van der Waals surface area contributed by atoms with Crippen LogP contribution < -0.4 is 10.5 Å². The maximum absolute atomic E-state index is 5.84. The van der Waals surface area contributed by atoms with Gasteiger partial charge < -0.3 is 14.9 Å². The molecule has 2 N–H and O–H groups in total. The third-order valence-corrected chi connectivity index (χ3v) is 4.06. The predicted octanol–water partition coefficient (Wildman–Crippen LogP) is 4.23. The summed E-state index contributed by atoms with van der Waals surface area (Å²) in [5, 5.41) is 2.30. The molecule has 0 amide bonds. The minimum atomic E-state index is 0.372. The predicted molar refractivity (Wildman–Crippen MR) is 82.6 cm³/mol. The molecule has 2 aromatic carbocycles. The van der Waals surface area contributed by atoms with E-state index in [-0.39, 0.29) is 0 Å². The fraction of sp³-hybridized carbons (Fsp3) is 0.125. The van der Waals surface area contributed by atoms with Crippen LogP contribution in [0.25, 0.3) is 10.8 Å². The largest absolute Gasteiger partial charge is 0.484 e. The summed E-state index contributed by atoms with van der Waals surface area (Å²) in [6.07, 6.45) is 1.64. The van der Waals surface area contributed by atoms with Crippen LogP contribution in [0.5, 0.6) is 5.75 Å². The van der Waals surface area contributed by atoms with Crippen LogP contribution >= 0.6 is 15.9 Å². The lowest BCUT2D eigenvalue weighted by Gasteiger charge is -2.10. The van der Waals surface area contributed by atoms with Crippen molar-refractivity contribution in [2.75, 3.05) is 0 Å². The molecule has 0 spiro atoms. The molecule has 4 heteroatoms. The molecular formula is C16H14BrNO2. The molecule has 0 unspecified atom stereocenters. The van der Waals surface area contributed by atoms with Gasteiger partial charge in [-0.05, 0) is 38.8 Å². The van der Waals surface area contributed by atoms with Crippen LogP contribution in [0, 0.1) is 0 Å². The summed E-state index contributed by atoms with van der Waals surface area (Å²) >= 11 is 3.60. The lowest BCUT2D eigenvalue weighted by atomic mass is 10.1. The van der Waals surface area contributed by atoms with E-state index in [4.69, 9.17) is 14.9 Å². The van der Waals surface area contributed by atoms with Gasteiger partial charge in [0.15, 0.2) is 0 Å². The minimum Gasteiger partial charge on any atom is -0.484 e. The molecule has 0 fully saturated rings. The third-order valence-electron chi connectivity index (χ3n) is 3.24. The molecule has 3 aromatic rings. The monoisotopic (exact) mass is 331 g/mol. The Hall–Kier alpha value is -1.78. The Morgan fingerprint density at radius 1 is 1.10 bits per heavy atom. The van der Waals surface area contributed by atoms with Crippen LogP contribution in [0.2, 0.25) is 0 Å². The molecule has 0 saturated heterocycles. The van der Waals surface area contributed by atoms with Crippen molar-refractivity contribution in [3.8, 4) is 5.75 Å². The first-order valence-electron chi connectivity index (χ1n) is 6.35. The third kappa shape index (κ3) is 2.44. The van der Waals surface area contributed by atoms with E-state index in [1.807, 2.05) is 30.3 Å². The molecule has 0 aliphatic carbocycles. The highest BCUT2D eigenvalue weighted by atomic mass is 79.9. The zero-order chi connectivity index (χ0) is 13.9. The topological polar surface area (TPSA) is 48.4 Å². The number of hydrogen-bond donors (Lipinski definition) is 1. The normalized spacial score (nSPS) is 10.9. The van der Waals surface area contributed by atoms with Crippen LogP contribution in [0.4, 0.5) is 0 Å². The molecule has 0 atom stereocenters. The van der Waals surface area contributed by atoms with E-state index >= 15 is 0 Å². The highest BCUT2D eigenvalue weighted by Crippen LogP contribution is 2.33. The molecule has 102 valence electrons. The van der Waals surface area contributed by atoms with Gasteiger partial charge in [0, 0.05) is 12.1 Å². The Bertz CT molecular complexity index is 736. The second-order valence-corrected chi connectivity index (χ2v) is 5.25. The van der Waals surface area contributed by atoms with E-state index in [0.717, 1.165) is 26.9 Å². The first-order valence-corrected chi connectivity index (χ1v) is 7.14. The van der Waals surface area contributed by atoms with E-state index in [2.05, 4.69) is 28.1 Å². The van der Waals surface area contributed by atoms with Crippen molar-refractivity contribution in [3.63, 3.8) is 0 Å². The van der Waals surface area contributed by atoms with Crippen molar-refractivity contribution in [2.24, 2.45) is 5.73 Å². The second kappa shape index (κ2) is 5.69. The lowest BCUT2D eigenvalue weighted by molar-refractivity contribution is 0.267. The van der Waals surface area contributed by atoms with Crippen LogP contribution in [0.3, 0.4) is 0 Å². The Balaban J connectivity index is 1.86. The Labute approximate surface area is 125 Å². The number of halogens is 1. The molecule has 3 nitrogen and oxygen atoms in total. The number of furan rings is 1. The van der Waals surface area contributed by atoms with Gasteiger partial charge in [-0.1, -0.05) is 30.3 Å². The number of hydrogen-bond acceptors (Lipinski definition) is 3. The van der Waals surface area contributed by atoms with Crippen molar-refractivity contribution in [3.05, 3.63) is 64.5 Å². The van der Waals surface area contributed by atoms with Gasteiger partial charge in [0.1, 0.15) is 18.1 Å². The molecule has 1 aromatic heterocycles. The van der Waals surface area contributed by atoms with Gasteiger partial charge in [-0.25, -0.2) is 0 Å². The summed E-state index contributed by atoms with van der Waals surface area (Å²) in [4.78, 5) is 0. The van der Waals surface area contributed by atoms with Crippen molar-refractivity contribution in [2.45, 2.75) is 13.2 Å². The molecule has 0 bridgehead atoms. The molecular weight excluding hydrogens is 318 g/mol. The molecule has 3 rings (SSSR count). The van der Waals surface area contributed by atoms with Gasteiger partial charge in [0.25, 0.3) is 0 Å². The van der Waals surface area contributed by atoms with Crippen molar-refractivity contribution in [1.82, 2.24) is 0 Å². The lowest BCUT2D eigenvalue weighted by Crippen LogP contribution is -2.02. The fourth-order valence-electron chi connectivity index (χ4n) is 2.14. The SMILES string of the molecule is NCc1ccoc1COc1ccc2ccccc2c1Br. The van der Waals surface area contributed by atoms with Crippen molar-refractivity contribution < 1.29 is 9.15 Å². The first kappa shape index (κ1) is 13.2. The molecule has 0 aliphatic heterocycles. The summed E-state index contributed by atoms with van der Waals surface area (Å²) in [5.74, 6) is 1.57. The van der Waals surface area contributed by atoms with Gasteiger partial charge in [-0.3, -0.25) is 0 Å². The number of fused-ring (bicyclic) bond motifs is 1. The number of rotatable bonds is 4. The minimum absolute atomic E-state index is 0.372. The molecule has 1 heterocycles. The highest BCUT2D eigenvalue weighted by molar-refractivity contribution is 9.10. The Morgan fingerprint density at radius 2 is 1.95 bits per heavy atom. The average molecular weight is 332 g/mol. The number of ether oxygens (including phenoxy) is 1. The van der Waals surface area contributed by atoms with Crippen LogP contribution in [-0.4, -0.2) is 0 Å². The number of nitrogens with two attached hydrogens (primary N) is 1. The van der Waals surface area contributed by atoms with E-state index in [0.29, 0.717) is 13.2 Å². The quantitative estimate of drug-likeness (QED) is 0.778.